The normalized spacial score (nSPS) is 15.7. The molecule has 1 heterocycles. The maximum atomic E-state index is 17.1. The highest BCUT2D eigenvalue weighted by Gasteiger charge is 2.56. The van der Waals surface area contributed by atoms with Crippen LogP contribution in [0.4, 0.5) is 8.90 Å². The molecular formula is C62H96FN11O26Si. The van der Waals surface area contributed by atoms with E-state index in [-0.39, 0.29) is 116 Å². The fourth-order valence-electron chi connectivity index (χ4n) is 11.1. The van der Waals surface area contributed by atoms with Crippen molar-refractivity contribution in [2.75, 3.05) is 91.6 Å². The van der Waals surface area contributed by atoms with Crippen molar-refractivity contribution in [1.82, 2.24) is 56.8 Å². The van der Waals surface area contributed by atoms with Gasteiger partial charge in [-0.05, 0) is 65.9 Å². The van der Waals surface area contributed by atoms with Gasteiger partial charge in [0.1, 0.15) is 30.2 Å². The molecule has 6 atom stereocenters. The number of alkyl carbamates (subject to hydrolysis) is 1. The number of carboxylic acids is 9. The minimum Gasteiger partial charge on any atom is -0.481 e. The minimum atomic E-state index is -3.79. The van der Waals surface area contributed by atoms with Crippen LogP contribution in [0.25, 0.3) is 0 Å². The van der Waals surface area contributed by atoms with Crippen molar-refractivity contribution in [2.24, 2.45) is 0 Å². The zero-order chi connectivity index (χ0) is 76.5. The largest absolute Gasteiger partial charge is 0.481 e. The van der Waals surface area contributed by atoms with Gasteiger partial charge >= 0.3 is 59.8 Å². The number of carbonyl (C=O) groups is 16. The number of hydrogen-bond donors (Lipinski definition) is 16. The first-order valence-corrected chi connectivity index (χ1v) is 34.3. The summed E-state index contributed by atoms with van der Waals surface area (Å²) in [5, 5.41) is 102. The molecule has 1 aliphatic heterocycles. The molecule has 39 heteroatoms. The molecule has 2 rings (SSSR count). The number of ether oxygens (including phenoxy) is 1. The summed E-state index contributed by atoms with van der Waals surface area (Å²) in [6.07, 6.45) is -7.96. The molecule has 1 saturated heterocycles. The van der Waals surface area contributed by atoms with Crippen molar-refractivity contribution in [1.29, 1.82) is 0 Å². The highest BCUT2D eigenvalue weighted by atomic mass is 28.4. The summed E-state index contributed by atoms with van der Waals surface area (Å²) in [5.41, 5.74) is 0.0119. The van der Waals surface area contributed by atoms with E-state index in [0.717, 1.165) is 0 Å². The van der Waals surface area contributed by atoms with Crippen LogP contribution in [0.5, 0.6) is 0 Å². The minimum absolute atomic E-state index is 0.00829. The zero-order valence-corrected chi connectivity index (χ0v) is 58.3. The van der Waals surface area contributed by atoms with E-state index in [4.69, 9.17) is 5.11 Å². The van der Waals surface area contributed by atoms with Gasteiger partial charge in [-0.1, -0.05) is 53.7 Å². The molecule has 7 amide bonds. The van der Waals surface area contributed by atoms with Crippen LogP contribution < -0.4 is 42.4 Å². The molecule has 16 N–H and O–H groups in total. The first-order valence-electron chi connectivity index (χ1n) is 32.4. The Bertz CT molecular complexity index is 3030. The van der Waals surface area contributed by atoms with Crippen molar-refractivity contribution in [2.45, 2.75) is 165 Å². The van der Waals surface area contributed by atoms with Crippen LogP contribution in [0, 0.1) is 0 Å². The number of aliphatic carboxylic acids is 9. The maximum Gasteiger partial charge on any atom is 0.408 e. The third-order valence-electron chi connectivity index (χ3n) is 16.2. The Labute approximate surface area is 581 Å². The van der Waals surface area contributed by atoms with Crippen LogP contribution in [0.2, 0.25) is 10.1 Å². The first-order chi connectivity index (χ1) is 47.0. The lowest BCUT2D eigenvalue weighted by Gasteiger charge is -2.44. The van der Waals surface area contributed by atoms with Crippen LogP contribution in [-0.2, 0) is 71.9 Å². The lowest BCUT2D eigenvalue weighted by Crippen LogP contribution is -2.58. The Hall–Kier alpha value is -9.47. The molecule has 1 fully saturated rings. The Morgan fingerprint density at radius 2 is 0.891 bits per heavy atom. The monoisotopic (exact) mass is 1460 g/mol. The fraction of sp³-hybridized carbons (Fsp3) is 0.645. The summed E-state index contributed by atoms with van der Waals surface area (Å²) in [6, 6.07) is -2.74. The van der Waals surface area contributed by atoms with Crippen LogP contribution in [-0.4, -0.2) is 297 Å². The summed E-state index contributed by atoms with van der Waals surface area (Å²) in [7, 11) is -3.79. The van der Waals surface area contributed by atoms with E-state index >= 15 is 4.11 Å². The van der Waals surface area contributed by atoms with Gasteiger partial charge in [0.25, 0.3) is 14.3 Å². The van der Waals surface area contributed by atoms with Crippen molar-refractivity contribution < 1.29 is 132 Å². The van der Waals surface area contributed by atoms with E-state index in [1.807, 2.05) is 5.32 Å². The summed E-state index contributed by atoms with van der Waals surface area (Å²) >= 11 is 0. The molecule has 0 aliphatic carbocycles. The van der Waals surface area contributed by atoms with E-state index in [2.05, 4.69) is 36.6 Å². The molecule has 1 unspecified atom stereocenters. The van der Waals surface area contributed by atoms with Crippen LogP contribution in [0.15, 0.2) is 24.3 Å². The number of hydrogen-bond acceptors (Lipinski definition) is 21. The summed E-state index contributed by atoms with van der Waals surface area (Å²) in [5.74, 6) is -18.3. The van der Waals surface area contributed by atoms with E-state index < -0.39 is 208 Å². The second-order valence-corrected chi connectivity index (χ2v) is 31.0. The van der Waals surface area contributed by atoms with E-state index in [1.165, 1.54) is 43.9 Å². The van der Waals surface area contributed by atoms with Gasteiger partial charge in [0.15, 0.2) is 0 Å². The van der Waals surface area contributed by atoms with E-state index in [0.29, 0.717) is 5.19 Å². The predicted molar refractivity (Wildman–Crippen MR) is 353 cm³/mol. The van der Waals surface area contributed by atoms with E-state index in [1.54, 1.807) is 41.5 Å². The molecule has 0 radical (unpaired) electrons. The Balaban J connectivity index is 2.17. The lowest BCUT2D eigenvalue weighted by molar-refractivity contribution is -0.148. The summed E-state index contributed by atoms with van der Waals surface area (Å²) in [4.78, 5) is 204. The Morgan fingerprint density at radius 1 is 0.455 bits per heavy atom. The number of amides is 7. The van der Waals surface area contributed by atoms with Crippen molar-refractivity contribution in [3.8, 4) is 0 Å². The second kappa shape index (κ2) is 42.6. The number of unbranched alkanes of at least 4 members (excludes halogenated alkanes) is 1. The van der Waals surface area contributed by atoms with Crippen molar-refractivity contribution in [3.63, 3.8) is 0 Å². The number of benzene rings is 1. The number of carbonyl (C=O) groups excluding carboxylic acids is 7. The Morgan fingerprint density at radius 3 is 1.33 bits per heavy atom. The average Bonchev–Trinajstić information content (AvgIpc) is 0.748. The molecule has 37 nitrogen and oxygen atoms in total. The van der Waals surface area contributed by atoms with Gasteiger partial charge in [0, 0.05) is 110 Å². The average molecular weight is 1460 g/mol. The molecule has 1 aliphatic rings. The predicted octanol–water partition coefficient (Wildman–Crippen LogP) is -1.68. The van der Waals surface area contributed by atoms with Crippen molar-refractivity contribution in [3.05, 3.63) is 29.8 Å². The third kappa shape index (κ3) is 32.6. The number of nitrogens with one attached hydrogen (secondary N) is 7. The van der Waals surface area contributed by atoms with Crippen LogP contribution in [0.1, 0.15) is 129 Å². The van der Waals surface area contributed by atoms with Gasteiger partial charge in [-0.3, -0.25) is 72.3 Å². The van der Waals surface area contributed by atoms with Gasteiger partial charge in [-0.25, -0.2) is 24.0 Å². The standard InChI is InChI=1S/C62H96FN11O26Si/c1-61(2,3)101(63,62(4,5)6)38-14-12-37(13-15-38)53(87)66-33-42(68-48(78)32-43(58(95)96)74-30-28-72(35-51(83)84)26-24-71(34-50(81)82)25-27-73(29-31-74)36-52(85)86)54(88)69-40(56(91)92)10-7-8-22-64-45(75)19-20-46(76)65-23-9-11-39(55(89)90)67-47(77)18-16-41(57(93)94)70-60(99)100-44(59(97)98)17-21-49(79)80/h12-15,39-44H,7-11,16-36H2,1-6H3,(H,64,75)(H,65,76)(H,66,87)(H,67,77)(H,68,78)(H,69,88)(H,70,99)(H,79,80)(H,81,82)(H,83,84)(H,85,86)(H,89,90)(H,91,92)(H,93,94)(H,95,96)(H,97,98)/t39-,40-,41+,42-,43?,44+/m1/s1. The third-order valence-corrected chi connectivity index (χ3v) is 21.5. The molecule has 0 spiro atoms. The van der Waals surface area contributed by atoms with Crippen molar-refractivity contribution >= 4 is 109 Å². The van der Waals surface area contributed by atoms with Gasteiger partial charge in [0.05, 0.1) is 26.1 Å². The second-order valence-electron chi connectivity index (χ2n) is 26.1. The molecule has 1 aromatic rings. The topological polar surface area (TPSA) is 562 Å². The fourth-order valence-corrected chi connectivity index (χ4v) is 15.7. The molecule has 0 bridgehead atoms. The molecule has 0 saturated carbocycles. The molecule has 0 aromatic heterocycles. The van der Waals surface area contributed by atoms with Crippen LogP contribution in [0.3, 0.4) is 0 Å². The zero-order valence-electron chi connectivity index (χ0n) is 57.3. The molecule has 101 heavy (non-hydrogen) atoms. The number of nitrogens with zero attached hydrogens (tertiary/aromatic N) is 4. The Kier molecular flexibility index (Phi) is 36.9. The van der Waals surface area contributed by atoms with E-state index in [9.17, 15) is 118 Å². The number of rotatable bonds is 42. The number of halogens is 1. The summed E-state index contributed by atoms with van der Waals surface area (Å²) in [6.45, 7) is 7.70. The molecular weight excluding hydrogens is 1360 g/mol. The quantitative estimate of drug-likeness (QED) is 0.0197. The highest BCUT2D eigenvalue weighted by molar-refractivity contribution is 6.90. The smallest absolute Gasteiger partial charge is 0.408 e. The number of carboxylic acid groups (broad SMARTS) is 9. The van der Waals surface area contributed by atoms with Gasteiger partial charge in [0.2, 0.25) is 35.6 Å². The maximum absolute atomic E-state index is 17.1. The van der Waals surface area contributed by atoms with Gasteiger partial charge in [-0.2, -0.15) is 0 Å². The van der Waals surface area contributed by atoms with Gasteiger partial charge in [-0.15, -0.1) is 0 Å². The molecule has 566 valence electrons. The lowest BCUT2D eigenvalue weighted by atomic mass is 10.1. The van der Waals surface area contributed by atoms with Crippen LogP contribution >= 0.6 is 0 Å². The first kappa shape index (κ1) is 87.6. The SMILES string of the molecule is CC(C)(C)[Si](F)(c1ccc(C(=O)NC[C@@H](NC(=O)CC(C(=O)O)N2CCN(CC(=O)O)CCN(CC(=O)O)CCN(CC(=O)O)CC2)C(=O)N[C@H](CCCCNC(=O)CCC(=O)NCCC[C@@H](NC(=O)CC[C@H](NC(=O)O[C@@H](CCC(=O)O)C(=O)O)C(=O)O)C(=O)O)C(=O)O)cc1)C(C)(C)C. The molecule has 1 aromatic carbocycles. The highest BCUT2D eigenvalue weighted by Crippen LogP contribution is 2.51. The van der Waals surface area contributed by atoms with Gasteiger partial charge < -0.3 is 92.0 Å². The summed E-state index contributed by atoms with van der Waals surface area (Å²) < 4.78 is 21.7.